The topological polar surface area (TPSA) is 50.4 Å². The first-order chi connectivity index (χ1) is 9.20. The van der Waals surface area contributed by atoms with E-state index in [1.807, 2.05) is 32.0 Å². The highest BCUT2D eigenvalue weighted by molar-refractivity contribution is 5.94. The molecule has 1 aliphatic rings. The lowest BCUT2D eigenvalue weighted by Crippen LogP contribution is -2.30. The average Bonchev–Trinajstić information content (AvgIpc) is 2.42. The van der Waals surface area contributed by atoms with Crippen LogP contribution in [0.4, 0.5) is 5.69 Å². The Morgan fingerprint density at radius 2 is 2.32 bits per heavy atom. The minimum absolute atomic E-state index is 0.0156. The minimum Gasteiger partial charge on any atom is -0.380 e. The molecule has 0 aromatic heterocycles. The predicted octanol–water partition coefficient (Wildman–Crippen LogP) is 2.34. The third-order valence-corrected chi connectivity index (χ3v) is 3.35. The SMILES string of the molecule is CCNC(=O)c1ccc(NC2CCCOC2)c(C)c1. The Hall–Kier alpha value is -1.55. The van der Waals surface area contributed by atoms with Gasteiger partial charge in [-0.1, -0.05) is 0 Å². The minimum atomic E-state index is -0.0156. The molecule has 0 aliphatic carbocycles. The monoisotopic (exact) mass is 262 g/mol. The van der Waals surface area contributed by atoms with Gasteiger partial charge in [-0.3, -0.25) is 4.79 Å². The second-order valence-corrected chi connectivity index (χ2v) is 4.95. The zero-order chi connectivity index (χ0) is 13.7. The first-order valence-corrected chi connectivity index (χ1v) is 6.94. The van der Waals surface area contributed by atoms with Gasteiger partial charge in [0.05, 0.1) is 6.61 Å². The highest BCUT2D eigenvalue weighted by Crippen LogP contribution is 2.20. The fourth-order valence-corrected chi connectivity index (χ4v) is 2.30. The molecule has 1 aliphatic heterocycles. The molecule has 1 unspecified atom stereocenters. The lowest BCUT2D eigenvalue weighted by Gasteiger charge is -2.25. The van der Waals surface area contributed by atoms with Crippen LogP contribution in [0.15, 0.2) is 18.2 Å². The molecule has 2 rings (SSSR count). The summed E-state index contributed by atoms with van der Waals surface area (Å²) < 4.78 is 5.46. The lowest BCUT2D eigenvalue weighted by molar-refractivity contribution is 0.0876. The molecule has 1 amide bonds. The quantitative estimate of drug-likeness (QED) is 0.875. The van der Waals surface area contributed by atoms with Crippen LogP contribution < -0.4 is 10.6 Å². The van der Waals surface area contributed by atoms with Crippen LogP contribution in [-0.2, 0) is 4.74 Å². The first-order valence-electron chi connectivity index (χ1n) is 6.94. The number of rotatable bonds is 4. The van der Waals surface area contributed by atoms with E-state index in [-0.39, 0.29) is 5.91 Å². The number of carbonyl (C=O) groups is 1. The molecule has 2 N–H and O–H groups in total. The van der Waals surface area contributed by atoms with Crippen molar-refractivity contribution in [1.82, 2.24) is 5.32 Å². The van der Waals surface area contributed by atoms with Gasteiger partial charge >= 0.3 is 0 Å². The van der Waals surface area contributed by atoms with Gasteiger partial charge < -0.3 is 15.4 Å². The molecule has 1 aromatic rings. The van der Waals surface area contributed by atoms with Crippen LogP contribution in [0.5, 0.6) is 0 Å². The number of anilines is 1. The Balaban J connectivity index is 2.04. The summed E-state index contributed by atoms with van der Waals surface area (Å²) >= 11 is 0. The van der Waals surface area contributed by atoms with Crippen molar-refractivity contribution in [1.29, 1.82) is 0 Å². The first kappa shape index (κ1) is 13.9. The lowest BCUT2D eigenvalue weighted by atomic mass is 10.1. The van der Waals surface area contributed by atoms with Crippen LogP contribution in [0, 0.1) is 6.92 Å². The molecular formula is C15H22N2O2. The molecule has 1 saturated heterocycles. The van der Waals surface area contributed by atoms with Crippen molar-refractivity contribution in [3.8, 4) is 0 Å². The summed E-state index contributed by atoms with van der Waals surface area (Å²) in [6.45, 7) is 6.22. The van der Waals surface area contributed by atoms with E-state index < -0.39 is 0 Å². The zero-order valence-corrected chi connectivity index (χ0v) is 11.7. The van der Waals surface area contributed by atoms with Crippen LogP contribution in [0.2, 0.25) is 0 Å². The summed E-state index contributed by atoms with van der Waals surface area (Å²) in [6, 6.07) is 6.15. The molecule has 1 atom stereocenters. The van der Waals surface area contributed by atoms with E-state index in [9.17, 15) is 4.79 Å². The average molecular weight is 262 g/mol. The second kappa shape index (κ2) is 6.57. The van der Waals surface area contributed by atoms with E-state index in [1.54, 1.807) is 0 Å². The van der Waals surface area contributed by atoms with Crippen molar-refractivity contribution >= 4 is 11.6 Å². The second-order valence-electron chi connectivity index (χ2n) is 4.95. The largest absolute Gasteiger partial charge is 0.380 e. The van der Waals surface area contributed by atoms with Crippen LogP contribution in [0.3, 0.4) is 0 Å². The molecular weight excluding hydrogens is 240 g/mol. The Morgan fingerprint density at radius 1 is 1.47 bits per heavy atom. The Kier molecular flexibility index (Phi) is 4.80. The van der Waals surface area contributed by atoms with Crippen molar-refractivity contribution in [3.63, 3.8) is 0 Å². The molecule has 4 heteroatoms. The summed E-state index contributed by atoms with van der Waals surface area (Å²) in [5.41, 5.74) is 2.89. The normalized spacial score (nSPS) is 18.9. The summed E-state index contributed by atoms with van der Waals surface area (Å²) in [7, 11) is 0. The van der Waals surface area contributed by atoms with Gasteiger partial charge in [0.15, 0.2) is 0 Å². The third kappa shape index (κ3) is 3.70. The van der Waals surface area contributed by atoms with Gasteiger partial charge in [0.2, 0.25) is 0 Å². The highest BCUT2D eigenvalue weighted by Gasteiger charge is 2.14. The van der Waals surface area contributed by atoms with Crippen molar-refractivity contribution < 1.29 is 9.53 Å². The number of amides is 1. The Morgan fingerprint density at radius 3 is 2.95 bits per heavy atom. The number of ether oxygens (including phenoxy) is 1. The molecule has 0 saturated carbocycles. The van der Waals surface area contributed by atoms with Crippen molar-refractivity contribution in [2.45, 2.75) is 32.7 Å². The molecule has 1 heterocycles. The maximum Gasteiger partial charge on any atom is 0.251 e. The van der Waals surface area contributed by atoms with Gasteiger partial charge in [0, 0.05) is 30.4 Å². The molecule has 19 heavy (non-hydrogen) atoms. The van der Waals surface area contributed by atoms with Gasteiger partial charge in [0.1, 0.15) is 0 Å². The van der Waals surface area contributed by atoms with E-state index in [1.165, 1.54) is 0 Å². The third-order valence-electron chi connectivity index (χ3n) is 3.35. The molecule has 4 nitrogen and oxygen atoms in total. The van der Waals surface area contributed by atoms with Crippen molar-refractivity contribution in [2.24, 2.45) is 0 Å². The van der Waals surface area contributed by atoms with E-state index in [4.69, 9.17) is 4.74 Å². The van der Waals surface area contributed by atoms with Crippen LogP contribution >= 0.6 is 0 Å². The summed E-state index contributed by atoms with van der Waals surface area (Å²) in [4.78, 5) is 11.7. The molecule has 1 aromatic carbocycles. The summed E-state index contributed by atoms with van der Waals surface area (Å²) in [6.07, 6.45) is 2.24. The number of hydrogen-bond donors (Lipinski definition) is 2. The van der Waals surface area contributed by atoms with Crippen LogP contribution in [-0.4, -0.2) is 31.7 Å². The maximum absolute atomic E-state index is 11.7. The molecule has 104 valence electrons. The maximum atomic E-state index is 11.7. The van der Waals surface area contributed by atoms with Gasteiger partial charge in [-0.05, 0) is 50.5 Å². The highest BCUT2D eigenvalue weighted by atomic mass is 16.5. The van der Waals surface area contributed by atoms with Gasteiger partial charge in [-0.2, -0.15) is 0 Å². The number of carbonyl (C=O) groups excluding carboxylic acids is 1. The zero-order valence-electron chi connectivity index (χ0n) is 11.7. The summed E-state index contributed by atoms with van der Waals surface area (Å²) in [5.74, 6) is -0.0156. The van der Waals surface area contributed by atoms with E-state index in [2.05, 4.69) is 10.6 Å². The van der Waals surface area contributed by atoms with Crippen LogP contribution in [0.25, 0.3) is 0 Å². The molecule has 1 fully saturated rings. The van der Waals surface area contributed by atoms with E-state index in [0.717, 1.165) is 37.3 Å². The molecule has 0 radical (unpaired) electrons. The fraction of sp³-hybridized carbons (Fsp3) is 0.533. The smallest absolute Gasteiger partial charge is 0.251 e. The Labute approximate surface area is 114 Å². The van der Waals surface area contributed by atoms with E-state index >= 15 is 0 Å². The number of nitrogens with one attached hydrogen (secondary N) is 2. The number of hydrogen-bond acceptors (Lipinski definition) is 3. The van der Waals surface area contributed by atoms with Crippen LogP contribution in [0.1, 0.15) is 35.7 Å². The van der Waals surface area contributed by atoms with Gasteiger partial charge in [0.25, 0.3) is 5.91 Å². The predicted molar refractivity (Wildman–Crippen MR) is 76.6 cm³/mol. The summed E-state index contributed by atoms with van der Waals surface area (Å²) in [5, 5.41) is 6.30. The molecule has 0 spiro atoms. The van der Waals surface area contributed by atoms with Gasteiger partial charge in [-0.15, -0.1) is 0 Å². The number of benzene rings is 1. The standard InChI is InChI=1S/C15H22N2O2/c1-3-16-15(18)12-6-7-14(11(2)9-12)17-13-5-4-8-19-10-13/h6-7,9,13,17H,3-5,8,10H2,1-2H3,(H,16,18). The fourth-order valence-electron chi connectivity index (χ4n) is 2.30. The number of aryl methyl sites for hydroxylation is 1. The Bertz CT molecular complexity index is 440. The van der Waals surface area contributed by atoms with Crippen molar-refractivity contribution in [2.75, 3.05) is 25.1 Å². The van der Waals surface area contributed by atoms with Crippen molar-refractivity contribution in [3.05, 3.63) is 29.3 Å². The molecule has 0 bridgehead atoms. The van der Waals surface area contributed by atoms with E-state index in [0.29, 0.717) is 18.2 Å². The van der Waals surface area contributed by atoms with Gasteiger partial charge in [-0.25, -0.2) is 0 Å².